The molecule has 0 unspecified atom stereocenters. The van der Waals surface area contributed by atoms with E-state index in [4.69, 9.17) is 9.47 Å². The van der Waals surface area contributed by atoms with Gasteiger partial charge in [-0.3, -0.25) is 10.00 Å². The van der Waals surface area contributed by atoms with E-state index in [-0.39, 0.29) is 23.7 Å². The Hall–Kier alpha value is -1.49. The Kier molecular flexibility index (Phi) is 6.51. The lowest BCUT2D eigenvalue weighted by Crippen LogP contribution is -2.38. The average molecular weight is 346 g/mol. The van der Waals surface area contributed by atoms with Gasteiger partial charge in [0.25, 0.3) is 10.0 Å². The fraction of sp³-hybridized carbons (Fsp3) is 0.692. The SMILES string of the molecule is CCOC(=O)c1cn[nH]c1S(=O)(=O)NCCCN1CCOCC1. The van der Waals surface area contributed by atoms with Gasteiger partial charge in [-0.05, 0) is 19.9 Å². The van der Waals surface area contributed by atoms with Crippen molar-refractivity contribution in [2.75, 3.05) is 46.0 Å². The first kappa shape index (κ1) is 17.9. The predicted octanol–water partition coefficient (Wildman–Crippen LogP) is -0.413. The van der Waals surface area contributed by atoms with Crippen molar-refractivity contribution >= 4 is 16.0 Å². The van der Waals surface area contributed by atoms with Gasteiger partial charge in [0.2, 0.25) is 0 Å². The topological polar surface area (TPSA) is 114 Å². The van der Waals surface area contributed by atoms with Crippen molar-refractivity contribution in [3.05, 3.63) is 11.8 Å². The van der Waals surface area contributed by atoms with E-state index in [9.17, 15) is 13.2 Å². The zero-order valence-electron chi connectivity index (χ0n) is 13.1. The van der Waals surface area contributed by atoms with Gasteiger partial charge in [-0.25, -0.2) is 17.9 Å². The molecule has 0 bridgehead atoms. The Balaban J connectivity index is 1.86. The zero-order valence-corrected chi connectivity index (χ0v) is 13.9. The van der Waals surface area contributed by atoms with Crippen molar-refractivity contribution in [2.24, 2.45) is 0 Å². The third-order valence-electron chi connectivity index (χ3n) is 3.42. The van der Waals surface area contributed by atoms with E-state index in [1.54, 1.807) is 6.92 Å². The number of nitrogens with zero attached hydrogens (tertiary/aromatic N) is 2. The molecule has 1 saturated heterocycles. The van der Waals surface area contributed by atoms with Gasteiger partial charge < -0.3 is 9.47 Å². The Labute approximate surface area is 135 Å². The number of aromatic amines is 1. The van der Waals surface area contributed by atoms with Crippen molar-refractivity contribution in [1.82, 2.24) is 19.8 Å². The monoisotopic (exact) mass is 346 g/mol. The quantitative estimate of drug-likeness (QED) is 0.486. The molecule has 10 heteroatoms. The average Bonchev–Trinajstić information content (AvgIpc) is 3.03. The number of carbonyl (C=O) groups excluding carboxylic acids is 1. The molecule has 9 nitrogen and oxygen atoms in total. The number of hydrogen-bond donors (Lipinski definition) is 2. The molecule has 1 fully saturated rings. The van der Waals surface area contributed by atoms with Crippen molar-refractivity contribution in [3.8, 4) is 0 Å². The van der Waals surface area contributed by atoms with Gasteiger partial charge in [-0.1, -0.05) is 0 Å². The molecule has 0 saturated carbocycles. The first-order chi connectivity index (χ1) is 11.0. The summed E-state index contributed by atoms with van der Waals surface area (Å²) in [4.78, 5) is 13.9. The molecule has 1 aliphatic rings. The summed E-state index contributed by atoms with van der Waals surface area (Å²) in [5, 5.41) is 5.71. The minimum Gasteiger partial charge on any atom is -0.462 e. The van der Waals surface area contributed by atoms with Crippen LogP contribution in [0.5, 0.6) is 0 Å². The van der Waals surface area contributed by atoms with Crippen LogP contribution in [0.15, 0.2) is 11.2 Å². The molecule has 0 radical (unpaired) electrons. The number of morpholine rings is 1. The molecular weight excluding hydrogens is 324 g/mol. The third kappa shape index (κ3) is 4.99. The summed E-state index contributed by atoms with van der Waals surface area (Å²) >= 11 is 0. The molecule has 130 valence electrons. The van der Waals surface area contributed by atoms with Crippen LogP contribution in [0.3, 0.4) is 0 Å². The lowest BCUT2D eigenvalue weighted by Gasteiger charge is -2.26. The van der Waals surface area contributed by atoms with Crippen LogP contribution in [0.25, 0.3) is 0 Å². The van der Waals surface area contributed by atoms with E-state index in [0.29, 0.717) is 19.6 Å². The van der Waals surface area contributed by atoms with Crippen molar-refractivity contribution in [1.29, 1.82) is 0 Å². The summed E-state index contributed by atoms with van der Waals surface area (Å²) in [7, 11) is -3.83. The standard InChI is InChI=1S/C13H22N4O5S/c1-2-22-13(18)11-10-14-16-12(11)23(19,20)15-4-3-5-17-6-8-21-9-7-17/h10,15H,2-9H2,1H3,(H,14,16). The Morgan fingerprint density at radius 1 is 1.48 bits per heavy atom. The molecule has 0 amide bonds. The van der Waals surface area contributed by atoms with Crippen LogP contribution in [0, 0.1) is 0 Å². The molecule has 1 aromatic rings. The van der Waals surface area contributed by atoms with Gasteiger partial charge in [-0.15, -0.1) is 0 Å². The predicted molar refractivity (Wildman–Crippen MR) is 81.6 cm³/mol. The van der Waals surface area contributed by atoms with E-state index in [2.05, 4.69) is 19.8 Å². The summed E-state index contributed by atoms with van der Waals surface area (Å²) < 4.78 is 37.0. The summed E-state index contributed by atoms with van der Waals surface area (Å²) in [6.45, 7) is 6.03. The van der Waals surface area contributed by atoms with Crippen molar-refractivity contribution < 1.29 is 22.7 Å². The summed E-state index contributed by atoms with van der Waals surface area (Å²) in [5.74, 6) is -0.713. The first-order valence-electron chi connectivity index (χ1n) is 7.55. The molecule has 0 spiro atoms. The van der Waals surface area contributed by atoms with Crippen LogP contribution in [-0.2, 0) is 19.5 Å². The lowest BCUT2D eigenvalue weighted by molar-refractivity contribution is 0.0376. The Morgan fingerprint density at radius 2 is 2.22 bits per heavy atom. The maximum Gasteiger partial charge on any atom is 0.342 e. The molecule has 0 atom stereocenters. The number of esters is 1. The fourth-order valence-corrected chi connectivity index (χ4v) is 3.40. The number of hydrogen-bond acceptors (Lipinski definition) is 7. The van der Waals surface area contributed by atoms with Crippen LogP contribution in [0.4, 0.5) is 0 Å². The van der Waals surface area contributed by atoms with Gasteiger partial charge in [0.15, 0.2) is 5.03 Å². The van der Waals surface area contributed by atoms with Gasteiger partial charge in [-0.2, -0.15) is 5.10 Å². The van der Waals surface area contributed by atoms with E-state index in [1.807, 2.05) is 0 Å². The maximum atomic E-state index is 12.3. The van der Waals surface area contributed by atoms with Crippen LogP contribution in [0.1, 0.15) is 23.7 Å². The second-order valence-electron chi connectivity index (χ2n) is 5.04. The molecule has 1 aromatic heterocycles. The third-order valence-corrected chi connectivity index (χ3v) is 4.85. The summed E-state index contributed by atoms with van der Waals surface area (Å²) in [6, 6.07) is 0. The lowest BCUT2D eigenvalue weighted by atomic mass is 10.3. The summed E-state index contributed by atoms with van der Waals surface area (Å²) in [6.07, 6.45) is 1.82. The number of ether oxygens (including phenoxy) is 2. The highest BCUT2D eigenvalue weighted by molar-refractivity contribution is 7.89. The minimum absolute atomic E-state index is 0.0903. The number of aromatic nitrogens is 2. The highest BCUT2D eigenvalue weighted by Crippen LogP contribution is 2.13. The van der Waals surface area contributed by atoms with Crippen molar-refractivity contribution in [3.63, 3.8) is 0 Å². The molecule has 0 aromatic carbocycles. The second kappa shape index (κ2) is 8.39. The Morgan fingerprint density at radius 3 is 2.91 bits per heavy atom. The maximum absolute atomic E-state index is 12.3. The normalized spacial score (nSPS) is 16.4. The molecular formula is C13H22N4O5S. The molecule has 23 heavy (non-hydrogen) atoms. The number of rotatable bonds is 8. The van der Waals surface area contributed by atoms with Crippen LogP contribution < -0.4 is 4.72 Å². The summed E-state index contributed by atoms with van der Waals surface area (Å²) in [5.41, 5.74) is -0.0903. The van der Waals surface area contributed by atoms with Gasteiger partial charge in [0.1, 0.15) is 5.56 Å². The van der Waals surface area contributed by atoms with Crippen molar-refractivity contribution in [2.45, 2.75) is 18.4 Å². The number of nitrogens with one attached hydrogen (secondary N) is 2. The fourth-order valence-electron chi connectivity index (χ4n) is 2.24. The van der Waals surface area contributed by atoms with Gasteiger partial charge in [0, 0.05) is 19.6 Å². The van der Waals surface area contributed by atoms with E-state index >= 15 is 0 Å². The van der Waals surface area contributed by atoms with Crippen LogP contribution >= 0.6 is 0 Å². The Bertz CT molecular complexity index is 610. The smallest absolute Gasteiger partial charge is 0.342 e. The first-order valence-corrected chi connectivity index (χ1v) is 9.03. The number of H-pyrrole nitrogens is 1. The van der Waals surface area contributed by atoms with Gasteiger partial charge >= 0.3 is 5.97 Å². The molecule has 2 heterocycles. The molecule has 2 N–H and O–H groups in total. The second-order valence-corrected chi connectivity index (χ2v) is 6.74. The highest BCUT2D eigenvalue weighted by Gasteiger charge is 2.25. The highest BCUT2D eigenvalue weighted by atomic mass is 32.2. The molecule has 1 aliphatic heterocycles. The zero-order chi connectivity index (χ0) is 16.7. The van der Waals surface area contributed by atoms with Gasteiger partial charge in [0.05, 0.1) is 26.0 Å². The van der Waals surface area contributed by atoms with Crippen LogP contribution in [-0.4, -0.2) is 75.5 Å². The van der Waals surface area contributed by atoms with E-state index in [1.165, 1.54) is 0 Å². The minimum atomic E-state index is -3.83. The van der Waals surface area contributed by atoms with E-state index < -0.39 is 16.0 Å². The van der Waals surface area contributed by atoms with E-state index in [0.717, 1.165) is 25.8 Å². The number of sulfonamides is 1. The molecule has 2 rings (SSSR count). The van der Waals surface area contributed by atoms with Crippen LogP contribution in [0.2, 0.25) is 0 Å². The largest absolute Gasteiger partial charge is 0.462 e. The molecule has 0 aliphatic carbocycles. The number of carbonyl (C=O) groups is 1.